The monoisotopic (exact) mass is 651 g/mol. The highest BCUT2D eigenvalue weighted by Crippen LogP contribution is 2.27. The molecule has 0 aromatic rings. The van der Waals surface area contributed by atoms with Gasteiger partial charge in [0.05, 0.1) is 44.2 Å². The average Bonchev–Trinajstić information content (AvgIpc) is 3.05. The smallest absolute Gasteiger partial charge is 0.296 e. The van der Waals surface area contributed by atoms with Crippen molar-refractivity contribution in [2.75, 3.05) is 53.2 Å². The molecule has 47 heavy (non-hydrogen) atoms. The van der Waals surface area contributed by atoms with Crippen molar-refractivity contribution in [3.05, 3.63) is 96.5 Å². The summed E-state index contributed by atoms with van der Waals surface area (Å²) in [6.45, 7) is 30.8. The van der Waals surface area contributed by atoms with E-state index in [1.165, 1.54) is 6.92 Å². The summed E-state index contributed by atoms with van der Waals surface area (Å²) in [6, 6.07) is 1.75. The fourth-order valence-corrected chi connectivity index (χ4v) is 4.44. The fourth-order valence-electron chi connectivity index (χ4n) is 4.44. The molecule has 1 amide bonds. The molecule has 8 nitrogen and oxygen atoms in total. The number of ether oxygens (including phenoxy) is 3. The Kier molecular flexibility index (Phi) is 26.4. The molecule has 0 saturated carbocycles. The number of amides is 1. The molecule has 1 aliphatic heterocycles. The standard InChI is InChI=1S/C35H54N2O5.C2H3N.C2H4/c1-10-15-29(27(5)42-21-14-18-37-19-23-41-24-20-37)25-28(12-3)32(13-4)33(38)34(39)36-31(17-22-40-9)26-30(16-11-2)35(6,7)8;1-2-3;1-2/h10-11,13,15-17,25-26,29H,5,12,14,18-24H2,1-4,6-9H3,(H,36,39);1H3;1-2H2/b15-10-,16-11-,28-25?,30-26+,31-17?,32-13+;;. The lowest BCUT2D eigenvalue weighted by atomic mass is 9.85. The molecule has 1 saturated heterocycles. The Bertz CT molecular complexity index is 1170. The van der Waals surface area contributed by atoms with Crippen LogP contribution in [-0.4, -0.2) is 69.8 Å². The van der Waals surface area contributed by atoms with Gasteiger partial charge in [-0.1, -0.05) is 70.7 Å². The summed E-state index contributed by atoms with van der Waals surface area (Å²) in [7, 11) is 1.58. The number of nitriles is 1. The quantitative estimate of drug-likeness (QED) is 0.0428. The number of carbonyl (C=O) groups excluding carboxylic acids is 2. The van der Waals surface area contributed by atoms with Gasteiger partial charge in [-0.3, -0.25) is 14.5 Å². The van der Waals surface area contributed by atoms with E-state index in [-0.39, 0.29) is 11.3 Å². The second kappa shape index (κ2) is 27.4. The third kappa shape index (κ3) is 19.5. The zero-order valence-electron chi connectivity index (χ0n) is 30.6. The highest BCUT2D eigenvalue weighted by Gasteiger charge is 2.23. The van der Waals surface area contributed by atoms with Crippen LogP contribution in [0.3, 0.4) is 0 Å². The van der Waals surface area contributed by atoms with Gasteiger partial charge in [-0.05, 0) is 62.3 Å². The summed E-state index contributed by atoms with van der Waals surface area (Å²) in [5.41, 5.74) is 2.50. The molecule has 0 bridgehead atoms. The lowest BCUT2D eigenvalue weighted by molar-refractivity contribution is -0.135. The third-order valence-corrected chi connectivity index (χ3v) is 6.88. The minimum atomic E-state index is -0.699. The lowest BCUT2D eigenvalue weighted by Gasteiger charge is -2.26. The van der Waals surface area contributed by atoms with Crippen LogP contribution in [0.25, 0.3) is 0 Å². The van der Waals surface area contributed by atoms with Gasteiger partial charge >= 0.3 is 0 Å². The number of carbonyl (C=O) groups is 2. The number of methoxy groups -OCH3 is 1. The van der Waals surface area contributed by atoms with Crippen LogP contribution in [0, 0.1) is 22.7 Å². The summed E-state index contributed by atoms with van der Waals surface area (Å²) in [4.78, 5) is 29.1. The van der Waals surface area contributed by atoms with Gasteiger partial charge < -0.3 is 19.5 Å². The molecule has 1 fully saturated rings. The van der Waals surface area contributed by atoms with Crippen LogP contribution in [0.2, 0.25) is 0 Å². The number of allylic oxidation sites excluding steroid dienone is 8. The van der Waals surface area contributed by atoms with Crippen molar-refractivity contribution >= 4 is 11.7 Å². The Hall–Kier alpha value is -3.77. The van der Waals surface area contributed by atoms with Crippen LogP contribution in [0.1, 0.15) is 68.2 Å². The molecule has 1 N–H and O–H groups in total. The molecule has 0 aromatic carbocycles. The van der Waals surface area contributed by atoms with E-state index in [9.17, 15) is 9.59 Å². The fraction of sp³-hybridized carbons (Fsp3) is 0.513. The highest BCUT2D eigenvalue weighted by molar-refractivity contribution is 6.44. The first-order valence-electron chi connectivity index (χ1n) is 16.3. The molecule has 1 aliphatic rings. The molecule has 0 spiro atoms. The highest BCUT2D eigenvalue weighted by atomic mass is 16.5. The van der Waals surface area contributed by atoms with Crippen LogP contribution in [0.4, 0.5) is 0 Å². The molecular formula is C39H61N3O5. The zero-order valence-corrected chi connectivity index (χ0v) is 30.6. The molecule has 0 aromatic heterocycles. The SMILES string of the molecule is C=C.C=C(OCCCN1CCOCC1)C(C=C(CC)/C(=C\C)C(=O)C(=O)NC(=CCOC)/C=C(\C=C/C)C(C)(C)C)/C=C\C.CC#N. The van der Waals surface area contributed by atoms with E-state index >= 15 is 0 Å². The van der Waals surface area contributed by atoms with Gasteiger partial charge in [-0.15, -0.1) is 13.2 Å². The maximum absolute atomic E-state index is 13.5. The predicted octanol–water partition coefficient (Wildman–Crippen LogP) is 7.81. The number of morpholine rings is 1. The molecule has 262 valence electrons. The van der Waals surface area contributed by atoms with Crippen molar-refractivity contribution in [1.82, 2.24) is 10.2 Å². The van der Waals surface area contributed by atoms with Gasteiger partial charge in [-0.2, -0.15) is 5.26 Å². The zero-order chi connectivity index (χ0) is 36.3. The van der Waals surface area contributed by atoms with Crippen LogP contribution in [0.15, 0.2) is 96.5 Å². The first kappa shape index (κ1) is 45.4. The summed E-state index contributed by atoms with van der Waals surface area (Å²) < 4.78 is 16.6. The van der Waals surface area contributed by atoms with Crippen LogP contribution in [-0.2, 0) is 23.8 Å². The van der Waals surface area contributed by atoms with Gasteiger partial charge in [0.15, 0.2) is 0 Å². The molecule has 0 aliphatic carbocycles. The van der Waals surface area contributed by atoms with Crippen molar-refractivity contribution in [2.45, 2.75) is 68.2 Å². The van der Waals surface area contributed by atoms with E-state index in [2.05, 4.69) is 50.7 Å². The summed E-state index contributed by atoms with van der Waals surface area (Å²) in [6.07, 6.45) is 16.7. The maximum Gasteiger partial charge on any atom is 0.296 e. The van der Waals surface area contributed by atoms with E-state index in [0.717, 1.165) is 50.4 Å². The van der Waals surface area contributed by atoms with Gasteiger partial charge in [0, 0.05) is 44.9 Å². The maximum atomic E-state index is 13.5. The van der Waals surface area contributed by atoms with E-state index in [0.29, 0.717) is 36.7 Å². The number of hydrogen-bond donors (Lipinski definition) is 1. The Morgan fingerprint density at radius 2 is 1.74 bits per heavy atom. The van der Waals surface area contributed by atoms with E-state index in [1.807, 2.05) is 57.2 Å². The van der Waals surface area contributed by atoms with E-state index in [4.69, 9.17) is 19.5 Å². The molecule has 1 heterocycles. The number of nitrogens with zero attached hydrogens (tertiary/aromatic N) is 2. The molecule has 1 rings (SSSR count). The van der Waals surface area contributed by atoms with Crippen LogP contribution < -0.4 is 5.32 Å². The topological polar surface area (TPSA) is 101 Å². The average molecular weight is 652 g/mol. The van der Waals surface area contributed by atoms with Crippen molar-refractivity contribution in [3.8, 4) is 6.07 Å². The lowest BCUT2D eigenvalue weighted by Crippen LogP contribution is -2.37. The van der Waals surface area contributed by atoms with E-state index in [1.54, 1.807) is 32.3 Å². The number of nitrogens with one attached hydrogen (secondary N) is 1. The predicted molar refractivity (Wildman–Crippen MR) is 195 cm³/mol. The number of Topliss-reactive ketones (excluding diaryl/α,β-unsaturated/α-hetero) is 1. The van der Waals surface area contributed by atoms with Crippen LogP contribution >= 0.6 is 0 Å². The number of ketones is 1. The minimum Gasteiger partial charge on any atom is -0.498 e. The van der Waals surface area contributed by atoms with Gasteiger partial charge in [-0.25, -0.2) is 0 Å². The molecule has 8 heteroatoms. The van der Waals surface area contributed by atoms with Gasteiger partial charge in [0.1, 0.15) is 0 Å². The summed E-state index contributed by atoms with van der Waals surface area (Å²) >= 11 is 0. The second-order valence-corrected chi connectivity index (χ2v) is 11.4. The van der Waals surface area contributed by atoms with Crippen LogP contribution in [0.5, 0.6) is 0 Å². The van der Waals surface area contributed by atoms with Crippen molar-refractivity contribution in [2.24, 2.45) is 11.3 Å². The molecule has 1 unspecified atom stereocenters. The summed E-state index contributed by atoms with van der Waals surface area (Å²) in [5, 5.41) is 10.1. The Labute approximate surface area is 285 Å². The molecule has 0 radical (unpaired) electrons. The van der Waals surface area contributed by atoms with Crippen molar-refractivity contribution < 1.29 is 23.8 Å². The third-order valence-electron chi connectivity index (χ3n) is 6.88. The first-order valence-corrected chi connectivity index (χ1v) is 16.3. The Morgan fingerprint density at radius 3 is 2.23 bits per heavy atom. The van der Waals surface area contributed by atoms with Crippen molar-refractivity contribution in [1.29, 1.82) is 5.26 Å². The largest absolute Gasteiger partial charge is 0.498 e. The van der Waals surface area contributed by atoms with E-state index < -0.39 is 11.7 Å². The Balaban J connectivity index is 0. The van der Waals surface area contributed by atoms with Gasteiger partial charge in [0.2, 0.25) is 5.78 Å². The minimum absolute atomic E-state index is 0.158. The summed E-state index contributed by atoms with van der Waals surface area (Å²) in [5.74, 6) is -0.908. The first-order chi connectivity index (χ1) is 22.4. The number of hydrogen-bond acceptors (Lipinski definition) is 7. The Morgan fingerprint density at radius 1 is 1.13 bits per heavy atom. The van der Waals surface area contributed by atoms with Crippen molar-refractivity contribution in [3.63, 3.8) is 0 Å². The second-order valence-electron chi connectivity index (χ2n) is 11.4. The molecular weight excluding hydrogens is 590 g/mol. The van der Waals surface area contributed by atoms with Gasteiger partial charge in [0.25, 0.3) is 5.91 Å². The number of rotatable bonds is 17. The molecule has 1 atom stereocenters. The normalized spacial score (nSPS) is 15.6.